The van der Waals surface area contributed by atoms with E-state index in [1.807, 2.05) is 13.8 Å². The van der Waals surface area contributed by atoms with Crippen molar-refractivity contribution in [2.75, 3.05) is 0 Å². The van der Waals surface area contributed by atoms with Crippen LogP contribution in [-0.4, -0.2) is 28.3 Å². The van der Waals surface area contributed by atoms with Crippen LogP contribution >= 0.6 is 0 Å². The highest BCUT2D eigenvalue weighted by Crippen LogP contribution is 2.21. The SMILES string of the molecule is CC[C@H](NC(=O)[C@H](C)OC1CCCCCC1)c1noc(C)n1. The van der Waals surface area contributed by atoms with Crippen molar-refractivity contribution < 1.29 is 14.1 Å². The summed E-state index contributed by atoms with van der Waals surface area (Å²) in [5.41, 5.74) is 0. The summed E-state index contributed by atoms with van der Waals surface area (Å²) < 4.78 is 10.9. The molecule has 0 aromatic carbocycles. The first-order valence-corrected chi connectivity index (χ1v) is 8.36. The summed E-state index contributed by atoms with van der Waals surface area (Å²) in [7, 11) is 0. The minimum atomic E-state index is -0.454. The Labute approximate surface area is 132 Å². The molecule has 1 amide bonds. The van der Waals surface area contributed by atoms with Gasteiger partial charge in [-0.05, 0) is 26.2 Å². The van der Waals surface area contributed by atoms with Gasteiger partial charge in [-0.25, -0.2) is 0 Å². The van der Waals surface area contributed by atoms with E-state index in [1.165, 1.54) is 25.7 Å². The number of amides is 1. The third-order valence-corrected chi connectivity index (χ3v) is 4.15. The van der Waals surface area contributed by atoms with Gasteiger partial charge in [-0.2, -0.15) is 4.98 Å². The number of nitrogens with zero attached hydrogens (tertiary/aromatic N) is 2. The molecule has 0 saturated heterocycles. The van der Waals surface area contributed by atoms with Crippen LogP contribution < -0.4 is 5.32 Å². The summed E-state index contributed by atoms with van der Waals surface area (Å²) in [5.74, 6) is 0.916. The van der Waals surface area contributed by atoms with Crippen molar-refractivity contribution in [1.82, 2.24) is 15.5 Å². The zero-order valence-electron chi connectivity index (χ0n) is 13.8. The van der Waals surface area contributed by atoms with Crippen molar-refractivity contribution >= 4 is 5.91 Å². The van der Waals surface area contributed by atoms with Crippen LogP contribution in [0.4, 0.5) is 0 Å². The molecule has 22 heavy (non-hydrogen) atoms. The summed E-state index contributed by atoms with van der Waals surface area (Å²) in [6.07, 6.45) is 7.50. The van der Waals surface area contributed by atoms with Crippen LogP contribution in [0.5, 0.6) is 0 Å². The molecule has 0 spiro atoms. The second-order valence-corrected chi connectivity index (χ2v) is 6.03. The third-order valence-electron chi connectivity index (χ3n) is 4.15. The lowest BCUT2D eigenvalue weighted by Gasteiger charge is -2.22. The Kier molecular flexibility index (Phi) is 6.36. The Morgan fingerprint density at radius 2 is 2.05 bits per heavy atom. The molecule has 2 rings (SSSR count). The monoisotopic (exact) mass is 309 g/mol. The molecule has 1 fully saturated rings. The van der Waals surface area contributed by atoms with Gasteiger partial charge in [-0.15, -0.1) is 0 Å². The van der Waals surface area contributed by atoms with E-state index in [1.54, 1.807) is 6.92 Å². The fraction of sp³-hybridized carbons (Fsp3) is 0.812. The molecule has 1 N–H and O–H groups in total. The fourth-order valence-electron chi connectivity index (χ4n) is 2.82. The number of ether oxygens (including phenoxy) is 1. The van der Waals surface area contributed by atoms with Gasteiger partial charge < -0.3 is 14.6 Å². The summed E-state index contributed by atoms with van der Waals surface area (Å²) >= 11 is 0. The van der Waals surface area contributed by atoms with Crippen LogP contribution in [0.1, 0.15) is 76.6 Å². The van der Waals surface area contributed by atoms with Gasteiger partial charge >= 0.3 is 0 Å². The van der Waals surface area contributed by atoms with Gasteiger partial charge in [0.15, 0.2) is 5.82 Å². The molecular weight excluding hydrogens is 282 g/mol. The highest BCUT2D eigenvalue weighted by atomic mass is 16.5. The standard InChI is InChI=1S/C16H27N3O3/c1-4-14(15-17-12(3)22-19-15)18-16(20)11(2)21-13-9-7-5-6-8-10-13/h11,13-14H,4-10H2,1-3H3,(H,18,20)/t11-,14-/m0/s1. The first kappa shape index (κ1) is 16.9. The second kappa shape index (κ2) is 8.27. The van der Waals surface area contributed by atoms with Crippen LogP contribution in [0.25, 0.3) is 0 Å². The van der Waals surface area contributed by atoms with Gasteiger partial charge in [-0.1, -0.05) is 37.8 Å². The normalized spacial score (nSPS) is 19.4. The van der Waals surface area contributed by atoms with E-state index in [-0.39, 0.29) is 18.1 Å². The lowest BCUT2D eigenvalue weighted by Crippen LogP contribution is -2.39. The average Bonchev–Trinajstić information content (AvgIpc) is 2.77. The van der Waals surface area contributed by atoms with E-state index in [9.17, 15) is 4.79 Å². The molecule has 0 aliphatic heterocycles. The predicted molar refractivity (Wildman–Crippen MR) is 82.2 cm³/mol. The number of aromatic nitrogens is 2. The summed E-state index contributed by atoms with van der Waals surface area (Å²) in [5, 5.41) is 6.84. The van der Waals surface area contributed by atoms with E-state index >= 15 is 0 Å². The molecule has 124 valence electrons. The van der Waals surface area contributed by atoms with E-state index in [4.69, 9.17) is 9.26 Å². The number of nitrogens with one attached hydrogen (secondary N) is 1. The maximum atomic E-state index is 12.3. The summed E-state index contributed by atoms with van der Waals surface area (Å²) in [6, 6.07) is -0.231. The lowest BCUT2D eigenvalue weighted by atomic mass is 10.1. The Bertz CT molecular complexity index is 467. The van der Waals surface area contributed by atoms with Crippen molar-refractivity contribution in [2.24, 2.45) is 0 Å². The highest BCUT2D eigenvalue weighted by molar-refractivity contribution is 5.80. The summed E-state index contributed by atoms with van der Waals surface area (Å²) in [6.45, 7) is 5.53. The number of carbonyl (C=O) groups excluding carboxylic acids is 1. The molecule has 1 aromatic heterocycles. The molecule has 1 saturated carbocycles. The molecule has 0 unspecified atom stereocenters. The molecule has 1 aliphatic rings. The predicted octanol–water partition coefficient (Wildman–Crippen LogP) is 3.07. The average molecular weight is 309 g/mol. The lowest BCUT2D eigenvalue weighted by molar-refractivity contribution is -0.136. The number of carbonyl (C=O) groups is 1. The van der Waals surface area contributed by atoms with Gasteiger partial charge in [-0.3, -0.25) is 4.79 Å². The summed E-state index contributed by atoms with van der Waals surface area (Å²) in [4.78, 5) is 16.5. The number of hydrogen-bond donors (Lipinski definition) is 1. The van der Waals surface area contributed by atoms with Gasteiger partial charge in [0.1, 0.15) is 6.10 Å². The molecule has 2 atom stereocenters. The van der Waals surface area contributed by atoms with Crippen molar-refractivity contribution in [3.63, 3.8) is 0 Å². The Morgan fingerprint density at radius 3 is 2.59 bits per heavy atom. The largest absolute Gasteiger partial charge is 0.365 e. The number of hydrogen-bond acceptors (Lipinski definition) is 5. The molecule has 1 aromatic rings. The van der Waals surface area contributed by atoms with Crippen LogP contribution in [0.15, 0.2) is 4.52 Å². The van der Waals surface area contributed by atoms with Crippen LogP contribution in [0.2, 0.25) is 0 Å². The quantitative estimate of drug-likeness (QED) is 0.817. The first-order valence-electron chi connectivity index (χ1n) is 8.36. The maximum absolute atomic E-state index is 12.3. The smallest absolute Gasteiger partial charge is 0.249 e. The van der Waals surface area contributed by atoms with Gasteiger partial charge in [0.05, 0.1) is 12.1 Å². The van der Waals surface area contributed by atoms with Crippen molar-refractivity contribution in [2.45, 2.75) is 84.0 Å². The molecule has 6 heteroatoms. The number of aryl methyl sites for hydroxylation is 1. The Hall–Kier alpha value is -1.43. The van der Waals surface area contributed by atoms with Gasteiger partial charge in [0.2, 0.25) is 11.8 Å². The van der Waals surface area contributed by atoms with Gasteiger partial charge in [0, 0.05) is 6.92 Å². The second-order valence-electron chi connectivity index (χ2n) is 6.03. The molecule has 0 radical (unpaired) electrons. The van der Waals surface area contributed by atoms with E-state index < -0.39 is 6.10 Å². The van der Waals surface area contributed by atoms with Crippen molar-refractivity contribution in [1.29, 1.82) is 0 Å². The van der Waals surface area contributed by atoms with Crippen molar-refractivity contribution in [3.05, 3.63) is 11.7 Å². The van der Waals surface area contributed by atoms with Crippen molar-refractivity contribution in [3.8, 4) is 0 Å². The van der Waals surface area contributed by atoms with E-state index in [2.05, 4.69) is 15.5 Å². The van der Waals surface area contributed by atoms with Gasteiger partial charge in [0.25, 0.3) is 0 Å². The topological polar surface area (TPSA) is 77.2 Å². The minimum absolute atomic E-state index is 0.112. The Balaban J connectivity index is 1.86. The molecule has 1 heterocycles. The maximum Gasteiger partial charge on any atom is 0.249 e. The third kappa shape index (κ3) is 4.80. The molecule has 1 aliphatic carbocycles. The highest BCUT2D eigenvalue weighted by Gasteiger charge is 2.24. The van der Waals surface area contributed by atoms with Crippen LogP contribution in [-0.2, 0) is 9.53 Å². The molecular formula is C16H27N3O3. The number of rotatable bonds is 6. The zero-order valence-corrected chi connectivity index (χ0v) is 13.8. The van der Waals surface area contributed by atoms with E-state index in [0.717, 1.165) is 12.8 Å². The van der Waals surface area contributed by atoms with Crippen LogP contribution in [0.3, 0.4) is 0 Å². The minimum Gasteiger partial charge on any atom is -0.365 e. The van der Waals surface area contributed by atoms with E-state index in [0.29, 0.717) is 18.1 Å². The molecule has 6 nitrogen and oxygen atoms in total. The molecule has 0 bridgehead atoms. The van der Waals surface area contributed by atoms with Crippen LogP contribution in [0, 0.1) is 6.92 Å². The fourth-order valence-corrected chi connectivity index (χ4v) is 2.82. The Morgan fingerprint density at radius 1 is 1.36 bits per heavy atom. The zero-order chi connectivity index (χ0) is 15.9. The first-order chi connectivity index (χ1) is 10.6.